The maximum absolute atomic E-state index is 13.4. The van der Waals surface area contributed by atoms with E-state index >= 15 is 0 Å². The van der Waals surface area contributed by atoms with Crippen LogP contribution in [0, 0.1) is 11.6 Å². The molecular formula is C12H15BrF2. The molecule has 0 amide bonds. The molecule has 84 valence electrons. The van der Waals surface area contributed by atoms with E-state index in [2.05, 4.69) is 22.9 Å². The predicted octanol–water partition coefficient (Wildman–Crippen LogP) is 4.63. The molecule has 0 bridgehead atoms. The fourth-order valence-electron chi connectivity index (χ4n) is 1.58. The van der Waals surface area contributed by atoms with Crippen LogP contribution in [0.3, 0.4) is 0 Å². The van der Waals surface area contributed by atoms with Crippen molar-refractivity contribution in [2.45, 2.75) is 37.4 Å². The Morgan fingerprint density at radius 2 is 2.00 bits per heavy atom. The minimum atomic E-state index is -0.380. The second kappa shape index (κ2) is 5.59. The van der Waals surface area contributed by atoms with Crippen LogP contribution in [0.4, 0.5) is 8.78 Å². The van der Waals surface area contributed by atoms with Crippen molar-refractivity contribution in [1.29, 1.82) is 0 Å². The summed E-state index contributed by atoms with van der Waals surface area (Å²) in [5.74, 6) is -0.723. The summed E-state index contributed by atoms with van der Waals surface area (Å²) in [6.45, 7) is 3.98. The average Bonchev–Trinajstić information content (AvgIpc) is 2.21. The van der Waals surface area contributed by atoms with Gasteiger partial charge in [-0.05, 0) is 36.1 Å². The highest BCUT2D eigenvalue weighted by Gasteiger charge is 2.18. The molecule has 1 rings (SSSR count). The fourth-order valence-corrected chi connectivity index (χ4v) is 2.33. The molecule has 0 aliphatic rings. The lowest BCUT2D eigenvalue weighted by Gasteiger charge is -2.18. The Labute approximate surface area is 97.8 Å². The molecule has 1 aromatic carbocycles. The van der Waals surface area contributed by atoms with Crippen molar-refractivity contribution in [2.24, 2.45) is 0 Å². The van der Waals surface area contributed by atoms with Crippen molar-refractivity contribution in [2.75, 3.05) is 0 Å². The molecule has 3 heteroatoms. The molecule has 2 atom stereocenters. The van der Waals surface area contributed by atoms with Crippen LogP contribution in [0.25, 0.3) is 0 Å². The summed E-state index contributed by atoms with van der Waals surface area (Å²) >= 11 is 3.51. The molecule has 0 saturated carbocycles. The molecule has 0 aliphatic heterocycles. The lowest BCUT2D eigenvalue weighted by molar-refractivity contribution is 0.554. The Morgan fingerprint density at radius 3 is 2.60 bits per heavy atom. The van der Waals surface area contributed by atoms with Gasteiger partial charge in [-0.2, -0.15) is 0 Å². The van der Waals surface area contributed by atoms with Crippen LogP contribution >= 0.6 is 15.9 Å². The topological polar surface area (TPSA) is 0 Å². The SMILES string of the molecule is CCCC(Br)C(C)c1cc(F)ccc1F. The molecule has 1 aromatic rings. The van der Waals surface area contributed by atoms with Crippen LogP contribution < -0.4 is 0 Å². The minimum absolute atomic E-state index is 0.0133. The van der Waals surface area contributed by atoms with Crippen LogP contribution in [-0.2, 0) is 0 Å². The van der Waals surface area contributed by atoms with Crippen LogP contribution in [-0.4, -0.2) is 4.83 Å². The first-order valence-electron chi connectivity index (χ1n) is 5.15. The largest absolute Gasteiger partial charge is 0.207 e. The van der Waals surface area contributed by atoms with Gasteiger partial charge in [0.05, 0.1) is 0 Å². The number of alkyl halides is 1. The number of rotatable bonds is 4. The van der Waals surface area contributed by atoms with Gasteiger partial charge in [-0.15, -0.1) is 0 Å². The van der Waals surface area contributed by atoms with Crippen molar-refractivity contribution >= 4 is 15.9 Å². The highest BCUT2D eigenvalue weighted by Crippen LogP contribution is 2.29. The van der Waals surface area contributed by atoms with Gasteiger partial charge in [0.15, 0.2) is 0 Å². The maximum Gasteiger partial charge on any atom is 0.126 e. The van der Waals surface area contributed by atoms with Gasteiger partial charge in [0.2, 0.25) is 0 Å². The molecular weight excluding hydrogens is 262 g/mol. The van der Waals surface area contributed by atoms with Crippen molar-refractivity contribution < 1.29 is 8.78 Å². The van der Waals surface area contributed by atoms with Gasteiger partial charge >= 0.3 is 0 Å². The van der Waals surface area contributed by atoms with Crippen molar-refractivity contribution in [1.82, 2.24) is 0 Å². The van der Waals surface area contributed by atoms with Gasteiger partial charge in [-0.3, -0.25) is 0 Å². The summed E-state index contributed by atoms with van der Waals surface area (Å²) in [6.07, 6.45) is 1.98. The normalized spacial score (nSPS) is 15.0. The Hall–Kier alpha value is -0.440. The van der Waals surface area contributed by atoms with E-state index in [9.17, 15) is 8.78 Å². The van der Waals surface area contributed by atoms with Crippen LogP contribution in [0.15, 0.2) is 18.2 Å². The summed E-state index contributed by atoms with van der Waals surface area (Å²) in [7, 11) is 0. The zero-order valence-electron chi connectivity index (χ0n) is 8.93. The molecule has 2 unspecified atom stereocenters. The highest BCUT2D eigenvalue weighted by molar-refractivity contribution is 9.09. The van der Waals surface area contributed by atoms with E-state index in [0.29, 0.717) is 5.56 Å². The quantitative estimate of drug-likeness (QED) is 0.704. The number of hydrogen-bond donors (Lipinski definition) is 0. The summed E-state index contributed by atoms with van der Waals surface area (Å²) in [6, 6.07) is 3.62. The third kappa shape index (κ3) is 3.26. The Morgan fingerprint density at radius 1 is 1.33 bits per heavy atom. The summed E-state index contributed by atoms with van der Waals surface area (Å²) < 4.78 is 26.4. The molecule has 0 N–H and O–H groups in total. The zero-order chi connectivity index (χ0) is 11.4. The number of hydrogen-bond acceptors (Lipinski definition) is 0. The smallest absolute Gasteiger partial charge is 0.126 e. The summed E-state index contributed by atoms with van der Waals surface area (Å²) in [4.78, 5) is 0.193. The molecule has 0 fully saturated rings. The second-order valence-corrected chi connectivity index (χ2v) is 4.94. The van der Waals surface area contributed by atoms with Crippen molar-refractivity contribution in [3.05, 3.63) is 35.4 Å². The van der Waals surface area contributed by atoms with Gasteiger partial charge < -0.3 is 0 Å². The van der Waals surface area contributed by atoms with E-state index in [1.807, 2.05) is 6.92 Å². The van der Waals surface area contributed by atoms with E-state index in [0.717, 1.165) is 18.9 Å². The molecule has 0 saturated heterocycles. The first-order valence-corrected chi connectivity index (χ1v) is 6.06. The second-order valence-electron chi connectivity index (χ2n) is 3.76. The standard InChI is InChI=1S/C12H15BrF2/c1-3-4-11(13)8(2)10-7-9(14)5-6-12(10)15/h5-8,11H,3-4H2,1-2H3. The maximum atomic E-state index is 13.4. The van der Waals surface area contributed by atoms with Gasteiger partial charge in [0.25, 0.3) is 0 Å². The first-order chi connectivity index (χ1) is 7.06. The van der Waals surface area contributed by atoms with E-state index in [1.165, 1.54) is 12.1 Å². The lowest BCUT2D eigenvalue weighted by atomic mass is 9.95. The monoisotopic (exact) mass is 276 g/mol. The highest BCUT2D eigenvalue weighted by atomic mass is 79.9. The van der Waals surface area contributed by atoms with Crippen LogP contribution in [0.5, 0.6) is 0 Å². The number of halogens is 3. The third-order valence-electron chi connectivity index (χ3n) is 2.56. The summed E-state index contributed by atoms with van der Waals surface area (Å²) in [5.41, 5.74) is 0.449. The molecule has 0 radical (unpaired) electrons. The van der Waals surface area contributed by atoms with Gasteiger partial charge in [0.1, 0.15) is 11.6 Å². The van der Waals surface area contributed by atoms with Gasteiger partial charge in [0, 0.05) is 4.83 Å². The Kier molecular flexibility index (Phi) is 4.71. The van der Waals surface area contributed by atoms with Gasteiger partial charge in [-0.25, -0.2) is 8.78 Å². The molecule has 0 nitrogen and oxygen atoms in total. The first kappa shape index (κ1) is 12.6. The fraction of sp³-hybridized carbons (Fsp3) is 0.500. The molecule has 0 aliphatic carbocycles. The predicted molar refractivity (Wildman–Crippen MR) is 62.4 cm³/mol. The van der Waals surface area contributed by atoms with E-state index in [1.54, 1.807) is 0 Å². The zero-order valence-corrected chi connectivity index (χ0v) is 10.5. The molecule has 0 aromatic heterocycles. The average molecular weight is 277 g/mol. The Balaban J connectivity index is 2.89. The van der Waals surface area contributed by atoms with Crippen LogP contribution in [0.2, 0.25) is 0 Å². The summed E-state index contributed by atoms with van der Waals surface area (Å²) in [5, 5.41) is 0. The third-order valence-corrected chi connectivity index (χ3v) is 3.81. The number of benzene rings is 1. The van der Waals surface area contributed by atoms with Crippen molar-refractivity contribution in [3.8, 4) is 0 Å². The van der Waals surface area contributed by atoms with E-state index in [4.69, 9.17) is 0 Å². The minimum Gasteiger partial charge on any atom is -0.207 e. The lowest BCUT2D eigenvalue weighted by Crippen LogP contribution is -2.10. The van der Waals surface area contributed by atoms with Crippen molar-refractivity contribution in [3.63, 3.8) is 0 Å². The van der Waals surface area contributed by atoms with Crippen LogP contribution in [0.1, 0.15) is 38.2 Å². The molecule has 0 heterocycles. The Bertz CT molecular complexity index is 325. The van der Waals surface area contributed by atoms with E-state index < -0.39 is 0 Å². The molecule has 15 heavy (non-hydrogen) atoms. The molecule has 0 spiro atoms. The van der Waals surface area contributed by atoms with Gasteiger partial charge in [-0.1, -0.05) is 36.2 Å². The van der Waals surface area contributed by atoms with E-state index in [-0.39, 0.29) is 22.4 Å².